The van der Waals surface area contributed by atoms with Crippen LogP contribution in [0.4, 0.5) is 0 Å². The van der Waals surface area contributed by atoms with Crippen LogP contribution in [0, 0.1) is 0 Å². The Morgan fingerprint density at radius 3 is 2.92 bits per heavy atom. The van der Waals surface area contributed by atoms with Crippen molar-refractivity contribution in [2.75, 3.05) is 12.9 Å². The number of aromatic hydroxyl groups is 1. The SMILES string of the molecule is CCOc1cccc(/C=N\NC(=O)Cc2cc(Cl)ccc2SC)c1O. The predicted molar refractivity (Wildman–Crippen MR) is 102 cm³/mol. The van der Waals surface area contributed by atoms with Crippen molar-refractivity contribution in [1.82, 2.24) is 5.43 Å². The van der Waals surface area contributed by atoms with Gasteiger partial charge in [0, 0.05) is 15.5 Å². The molecule has 0 aliphatic heterocycles. The van der Waals surface area contributed by atoms with Crippen LogP contribution in [-0.2, 0) is 11.2 Å². The number of thioether (sulfide) groups is 1. The van der Waals surface area contributed by atoms with Gasteiger partial charge < -0.3 is 9.84 Å². The van der Waals surface area contributed by atoms with E-state index in [0.717, 1.165) is 10.5 Å². The highest BCUT2D eigenvalue weighted by atomic mass is 35.5. The van der Waals surface area contributed by atoms with Crippen LogP contribution in [0.3, 0.4) is 0 Å². The first kappa shape index (κ1) is 19.1. The van der Waals surface area contributed by atoms with Gasteiger partial charge in [0.05, 0.1) is 19.2 Å². The minimum atomic E-state index is -0.269. The number of amides is 1. The van der Waals surface area contributed by atoms with Crippen LogP contribution in [0.1, 0.15) is 18.1 Å². The maximum Gasteiger partial charge on any atom is 0.244 e. The lowest BCUT2D eigenvalue weighted by atomic mass is 10.1. The van der Waals surface area contributed by atoms with E-state index < -0.39 is 0 Å². The molecule has 25 heavy (non-hydrogen) atoms. The van der Waals surface area contributed by atoms with Gasteiger partial charge in [0.15, 0.2) is 11.5 Å². The van der Waals surface area contributed by atoms with Crippen molar-refractivity contribution in [3.05, 3.63) is 52.5 Å². The molecule has 0 radical (unpaired) electrons. The summed E-state index contributed by atoms with van der Waals surface area (Å²) in [6, 6.07) is 10.5. The first-order valence-electron chi connectivity index (χ1n) is 7.64. The monoisotopic (exact) mass is 378 g/mol. The van der Waals surface area contributed by atoms with Crippen LogP contribution >= 0.6 is 23.4 Å². The van der Waals surface area contributed by atoms with Gasteiger partial charge >= 0.3 is 0 Å². The molecule has 2 rings (SSSR count). The van der Waals surface area contributed by atoms with Crippen LogP contribution < -0.4 is 10.2 Å². The van der Waals surface area contributed by atoms with Crippen molar-refractivity contribution in [2.45, 2.75) is 18.2 Å². The number of halogens is 1. The molecule has 0 aliphatic carbocycles. The Labute approximate surface area is 156 Å². The molecule has 0 saturated heterocycles. The van der Waals surface area contributed by atoms with E-state index in [1.807, 2.05) is 19.2 Å². The highest BCUT2D eigenvalue weighted by molar-refractivity contribution is 7.98. The third-order valence-electron chi connectivity index (χ3n) is 3.32. The van der Waals surface area contributed by atoms with Gasteiger partial charge in [-0.3, -0.25) is 4.79 Å². The minimum absolute atomic E-state index is 0.0122. The van der Waals surface area contributed by atoms with Crippen molar-refractivity contribution >= 4 is 35.5 Å². The number of nitrogens with one attached hydrogen (secondary N) is 1. The van der Waals surface area contributed by atoms with Crippen molar-refractivity contribution in [3.63, 3.8) is 0 Å². The lowest BCUT2D eigenvalue weighted by Gasteiger charge is -2.08. The summed E-state index contributed by atoms with van der Waals surface area (Å²) in [5.41, 5.74) is 3.75. The highest BCUT2D eigenvalue weighted by Crippen LogP contribution is 2.28. The van der Waals surface area contributed by atoms with E-state index in [9.17, 15) is 9.90 Å². The van der Waals surface area contributed by atoms with Crippen LogP contribution in [0.25, 0.3) is 0 Å². The van der Waals surface area contributed by atoms with Gasteiger partial charge in [0.25, 0.3) is 0 Å². The van der Waals surface area contributed by atoms with E-state index >= 15 is 0 Å². The van der Waals surface area contributed by atoms with E-state index in [1.165, 1.54) is 6.21 Å². The minimum Gasteiger partial charge on any atom is -0.504 e. The maximum atomic E-state index is 12.1. The zero-order valence-electron chi connectivity index (χ0n) is 14.0. The van der Waals surface area contributed by atoms with Gasteiger partial charge in [-0.15, -0.1) is 11.8 Å². The van der Waals surface area contributed by atoms with E-state index in [0.29, 0.717) is 22.9 Å². The summed E-state index contributed by atoms with van der Waals surface area (Å²) >= 11 is 7.54. The molecule has 0 aliphatic rings. The number of phenols is 1. The molecule has 0 bridgehead atoms. The number of phenolic OH excluding ortho intramolecular Hbond substituents is 1. The molecule has 0 saturated carbocycles. The van der Waals surface area contributed by atoms with E-state index in [1.54, 1.807) is 42.1 Å². The Kier molecular flexibility index (Phi) is 7.16. The zero-order valence-corrected chi connectivity index (χ0v) is 15.5. The summed E-state index contributed by atoms with van der Waals surface area (Å²) in [4.78, 5) is 13.1. The molecule has 0 unspecified atom stereocenters. The molecule has 0 atom stereocenters. The Balaban J connectivity index is 2.02. The van der Waals surface area contributed by atoms with Gasteiger partial charge in [-0.2, -0.15) is 5.10 Å². The van der Waals surface area contributed by atoms with Crippen molar-refractivity contribution < 1.29 is 14.6 Å². The summed E-state index contributed by atoms with van der Waals surface area (Å²) in [6.45, 7) is 2.28. The molecule has 0 spiro atoms. The second-order valence-corrected chi connectivity index (χ2v) is 6.34. The fraction of sp³-hybridized carbons (Fsp3) is 0.222. The summed E-state index contributed by atoms with van der Waals surface area (Å²) in [5, 5.41) is 14.6. The number of carbonyl (C=O) groups is 1. The second kappa shape index (κ2) is 9.34. The fourth-order valence-electron chi connectivity index (χ4n) is 2.19. The quantitative estimate of drug-likeness (QED) is 0.436. The number of para-hydroxylation sites is 1. The van der Waals surface area contributed by atoms with Gasteiger partial charge in [0.1, 0.15) is 0 Å². The summed E-state index contributed by atoms with van der Waals surface area (Å²) < 4.78 is 5.31. The largest absolute Gasteiger partial charge is 0.504 e. The number of hydrogen-bond acceptors (Lipinski definition) is 5. The third kappa shape index (κ3) is 5.41. The standard InChI is InChI=1S/C18H19ClN2O3S/c1-3-24-15-6-4-5-12(18(15)23)11-20-21-17(22)10-13-9-14(19)7-8-16(13)25-2/h4-9,11,23H,3,10H2,1-2H3,(H,21,22)/b20-11-. The van der Waals surface area contributed by atoms with Gasteiger partial charge in [-0.25, -0.2) is 5.43 Å². The molecular formula is C18H19ClN2O3S. The van der Waals surface area contributed by atoms with Crippen molar-refractivity contribution in [2.24, 2.45) is 5.10 Å². The summed E-state index contributed by atoms with van der Waals surface area (Å²) in [7, 11) is 0. The highest BCUT2D eigenvalue weighted by Gasteiger charge is 2.09. The molecule has 5 nitrogen and oxygen atoms in total. The molecule has 0 heterocycles. The first-order chi connectivity index (χ1) is 12.0. The van der Waals surface area contributed by atoms with E-state index in [2.05, 4.69) is 10.5 Å². The Hall–Kier alpha value is -2.18. The Bertz CT molecular complexity index is 781. The molecule has 2 N–H and O–H groups in total. The normalized spacial score (nSPS) is 10.8. The Morgan fingerprint density at radius 2 is 2.20 bits per heavy atom. The number of benzene rings is 2. The van der Waals surface area contributed by atoms with Gasteiger partial charge in [-0.05, 0) is 49.1 Å². The molecule has 1 amide bonds. The molecule has 0 fully saturated rings. The van der Waals surface area contributed by atoms with Crippen LogP contribution in [0.15, 0.2) is 46.4 Å². The molecule has 132 valence electrons. The van der Waals surface area contributed by atoms with Crippen LogP contribution in [0.5, 0.6) is 11.5 Å². The van der Waals surface area contributed by atoms with E-state index in [4.69, 9.17) is 16.3 Å². The summed E-state index contributed by atoms with van der Waals surface area (Å²) in [5.74, 6) is 0.0949. The van der Waals surface area contributed by atoms with E-state index in [-0.39, 0.29) is 18.1 Å². The smallest absolute Gasteiger partial charge is 0.244 e. The number of ether oxygens (including phenoxy) is 1. The molecule has 2 aromatic carbocycles. The topological polar surface area (TPSA) is 70.9 Å². The zero-order chi connectivity index (χ0) is 18.2. The molecular weight excluding hydrogens is 360 g/mol. The average molecular weight is 379 g/mol. The van der Waals surface area contributed by atoms with Crippen molar-refractivity contribution in [1.29, 1.82) is 0 Å². The predicted octanol–water partition coefficient (Wildman–Crippen LogP) is 3.86. The van der Waals surface area contributed by atoms with Gasteiger partial charge in [-0.1, -0.05) is 17.7 Å². The number of hydrogen-bond donors (Lipinski definition) is 2. The number of nitrogens with zero attached hydrogens (tertiary/aromatic N) is 1. The molecule has 7 heteroatoms. The lowest BCUT2D eigenvalue weighted by Crippen LogP contribution is -2.20. The fourth-order valence-corrected chi connectivity index (χ4v) is 2.98. The van der Waals surface area contributed by atoms with Crippen LogP contribution in [-0.4, -0.2) is 30.1 Å². The number of hydrazone groups is 1. The first-order valence-corrected chi connectivity index (χ1v) is 9.24. The lowest BCUT2D eigenvalue weighted by molar-refractivity contribution is -0.120. The third-order valence-corrected chi connectivity index (χ3v) is 4.39. The van der Waals surface area contributed by atoms with Gasteiger partial charge in [0.2, 0.25) is 5.91 Å². The second-order valence-electron chi connectivity index (χ2n) is 5.05. The molecule has 0 aromatic heterocycles. The van der Waals surface area contributed by atoms with Crippen molar-refractivity contribution in [3.8, 4) is 11.5 Å². The van der Waals surface area contributed by atoms with Crippen LogP contribution in [0.2, 0.25) is 5.02 Å². The summed E-state index contributed by atoms with van der Waals surface area (Å²) in [6.07, 6.45) is 3.49. The molecule has 2 aromatic rings. The number of rotatable bonds is 7. The number of carbonyl (C=O) groups excluding carboxylic acids is 1. The maximum absolute atomic E-state index is 12.1. The average Bonchev–Trinajstić information content (AvgIpc) is 2.58. The Morgan fingerprint density at radius 1 is 1.40 bits per heavy atom.